The summed E-state index contributed by atoms with van der Waals surface area (Å²) >= 11 is 0. The third-order valence-electron chi connectivity index (χ3n) is 1.63. The third-order valence-corrected chi connectivity index (χ3v) is 3.62. The highest BCUT2D eigenvalue weighted by atomic mass is 31.1. The zero-order valence-electron chi connectivity index (χ0n) is 6.93. The predicted octanol–water partition coefficient (Wildman–Crippen LogP) is -0.266. The van der Waals surface area contributed by atoms with Gasteiger partial charge in [0.15, 0.2) is 6.16 Å². The van der Waals surface area contributed by atoms with Crippen LogP contribution in [-0.4, -0.2) is 45.2 Å². The second-order valence-corrected chi connectivity index (χ2v) is 4.61. The van der Waals surface area contributed by atoms with Crippen LogP contribution < -0.4 is 0 Å². The molecule has 0 spiro atoms. The van der Waals surface area contributed by atoms with E-state index in [0.29, 0.717) is 0 Å². The molecule has 0 aliphatic carbocycles. The lowest BCUT2D eigenvalue weighted by atomic mass is 10.2. The maximum atomic E-state index is 11.2. The van der Waals surface area contributed by atoms with E-state index in [-0.39, 0.29) is 6.16 Å². The minimum absolute atomic E-state index is 0.329. The standard InChI is InChI=1S/C6H9O6P/c1-6(4(8)9,5(10)11)13(12)3-2-7/h7H,2-3H2,1H3,(H-,8,9,10,11)/p+1. The molecule has 13 heavy (non-hydrogen) atoms. The van der Waals surface area contributed by atoms with E-state index in [1.165, 1.54) is 0 Å². The van der Waals surface area contributed by atoms with Crippen molar-refractivity contribution >= 4 is 19.7 Å². The van der Waals surface area contributed by atoms with Crippen molar-refractivity contribution in [3.63, 3.8) is 0 Å². The molecule has 0 rings (SSSR count). The quantitative estimate of drug-likeness (QED) is 0.424. The van der Waals surface area contributed by atoms with Crippen LogP contribution in [0, 0.1) is 0 Å². The van der Waals surface area contributed by atoms with Crippen molar-refractivity contribution in [3.05, 3.63) is 0 Å². The molecule has 3 N–H and O–H groups in total. The summed E-state index contributed by atoms with van der Waals surface area (Å²) < 4.78 is 11.2. The summed E-state index contributed by atoms with van der Waals surface area (Å²) in [5, 5.41) is 23.2. The Bertz CT molecular complexity index is 234. The van der Waals surface area contributed by atoms with E-state index in [4.69, 9.17) is 15.3 Å². The maximum absolute atomic E-state index is 11.2. The van der Waals surface area contributed by atoms with E-state index in [9.17, 15) is 14.2 Å². The SMILES string of the molecule is CC(C(=O)O)(C(=O)O)[P+](=O)CCO. The first-order valence-electron chi connectivity index (χ1n) is 3.39. The fourth-order valence-corrected chi connectivity index (χ4v) is 1.67. The molecule has 0 aliphatic rings. The molecule has 0 fully saturated rings. The Morgan fingerprint density at radius 1 is 1.31 bits per heavy atom. The summed E-state index contributed by atoms with van der Waals surface area (Å²) in [5.74, 6) is -3.32. The molecule has 0 aromatic heterocycles. The first-order valence-corrected chi connectivity index (χ1v) is 4.84. The highest BCUT2D eigenvalue weighted by Gasteiger charge is 2.58. The summed E-state index contributed by atoms with van der Waals surface area (Å²) in [7, 11) is -2.50. The summed E-state index contributed by atoms with van der Waals surface area (Å²) in [5.41, 5.74) is 0. The van der Waals surface area contributed by atoms with Gasteiger partial charge in [0.05, 0.1) is 6.61 Å². The molecule has 0 bridgehead atoms. The van der Waals surface area contributed by atoms with Crippen molar-refractivity contribution in [2.45, 2.75) is 12.1 Å². The minimum atomic E-state index is -2.50. The van der Waals surface area contributed by atoms with Gasteiger partial charge in [-0.05, 0) is 0 Å². The van der Waals surface area contributed by atoms with Crippen LogP contribution in [0.15, 0.2) is 0 Å². The number of aliphatic hydroxyl groups excluding tert-OH is 1. The van der Waals surface area contributed by atoms with Gasteiger partial charge in [0, 0.05) is 6.92 Å². The average Bonchev–Trinajstić information content (AvgIpc) is 2.02. The van der Waals surface area contributed by atoms with Crippen LogP contribution in [0.5, 0.6) is 0 Å². The molecular weight excluding hydrogens is 199 g/mol. The topological polar surface area (TPSA) is 112 Å². The van der Waals surface area contributed by atoms with Crippen LogP contribution in [0.2, 0.25) is 0 Å². The molecule has 7 heteroatoms. The van der Waals surface area contributed by atoms with Crippen LogP contribution >= 0.6 is 7.80 Å². The van der Waals surface area contributed by atoms with Gasteiger partial charge in [-0.2, -0.15) is 0 Å². The van der Waals surface area contributed by atoms with E-state index < -0.39 is 31.5 Å². The van der Waals surface area contributed by atoms with Crippen LogP contribution in [0.1, 0.15) is 6.92 Å². The molecule has 0 aliphatic heterocycles. The highest BCUT2D eigenvalue weighted by Crippen LogP contribution is 2.38. The summed E-state index contributed by atoms with van der Waals surface area (Å²) in [6.07, 6.45) is -0.329. The number of carboxylic acid groups (broad SMARTS) is 2. The molecule has 1 unspecified atom stereocenters. The Hall–Kier alpha value is -1.00. The van der Waals surface area contributed by atoms with Gasteiger partial charge in [-0.15, -0.1) is 0 Å². The van der Waals surface area contributed by atoms with Crippen LogP contribution in [0.25, 0.3) is 0 Å². The molecule has 0 heterocycles. The van der Waals surface area contributed by atoms with E-state index >= 15 is 0 Å². The van der Waals surface area contributed by atoms with Gasteiger partial charge in [0.25, 0.3) is 0 Å². The van der Waals surface area contributed by atoms with Crippen LogP contribution in [0.4, 0.5) is 0 Å². The largest absolute Gasteiger partial charge is 0.477 e. The van der Waals surface area contributed by atoms with Crippen molar-refractivity contribution in [3.8, 4) is 0 Å². The second-order valence-electron chi connectivity index (χ2n) is 2.51. The Morgan fingerprint density at radius 3 is 1.92 bits per heavy atom. The Balaban J connectivity index is 4.91. The van der Waals surface area contributed by atoms with E-state index in [1.807, 2.05) is 0 Å². The molecule has 0 aromatic carbocycles. The van der Waals surface area contributed by atoms with Crippen molar-refractivity contribution in [1.29, 1.82) is 0 Å². The second kappa shape index (κ2) is 4.30. The zero-order chi connectivity index (χ0) is 10.6. The Kier molecular flexibility index (Phi) is 3.97. The number of rotatable bonds is 5. The number of carboxylic acids is 2. The normalized spacial score (nSPS) is 12.3. The maximum Gasteiger partial charge on any atom is 0.371 e. The smallest absolute Gasteiger partial charge is 0.371 e. The molecule has 1 atom stereocenters. The molecule has 0 saturated carbocycles. The molecular formula is C6H10O6P+. The summed E-state index contributed by atoms with van der Waals surface area (Å²) in [6.45, 7) is 0.372. The third kappa shape index (κ3) is 2.23. The first-order chi connectivity index (χ1) is 5.87. The first kappa shape index (κ1) is 12.0. The molecule has 74 valence electrons. The van der Waals surface area contributed by atoms with Crippen molar-refractivity contribution in [2.24, 2.45) is 0 Å². The van der Waals surface area contributed by atoms with E-state index in [2.05, 4.69) is 0 Å². The molecule has 6 nitrogen and oxygen atoms in total. The molecule has 0 radical (unpaired) electrons. The van der Waals surface area contributed by atoms with E-state index in [0.717, 1.165) is 6.92 Å². The Morgan fingerprint density at radius 2 is 1.69 bits per heavy atom. The van der Waals surface area contributed by atoms with E-state index in [1.54, 1.807) is 0 Å². The van der Waals surface area contributed by atoms with Crippen molar-refractivity contribution in [2.75, 3.05) is 12.8 Å². The fourth-order valence-electron chi connectivity index (χ4n) is 0.619. The number of aliphatic hydroxyl groups is 1. The van der Waals surface area contributed by atoms with Crippen LogP contribution in [-0.2, 0) is 14.2 Å². The fraction of sp³-hybridized carbons (Fsp3) is 0.667. The van der Waals surface area contributed by atoms with Gasteiger partial charge in [-0.3, -0.25) is 0 Å². The van der Waals surface area contributed by atoms with Crippen molar-refractivity contribution in [1.82, 2.24) is 0 Å². The van der Waals surface area contributed by atoms with Crippen LogP contribution in [0.3, 0.4) is 0 Å². The van der Waals surface area contributed by atoms with Gasteiger partial charge < -0.3 is 15.3 Å². The minimum Gasteiger partial charge on any atom is -0.477 e. The van der Waals surface area contributed by atoms with Gasteiger partial charge >= 0.3 is 24.9 Å². The number of hydrogen-bond donors (Lipinski definition) is 3. The lowest BCUT2D eigenvalue weighted by molar-refractivity contribution is -0.151. The number of carbonyl (C=O) groups is 2. The lowest BCUT2D eigenvalue weighted by Gasteiger charge is -2.07. The average molecular weight is 209 g/mol. The molecule has 0 aromatic rings. The lowest BCUT2D eigenvalue weighted by Crippen LogP contribution is -2.40. The molecule has 0 saturated heterocycles. The van der Waals surface area contributed by atoms with Gasteiger partial charge in [-0.25, -0.2) is 9.59 Å². The zero-order valence-corrected chi connectivity index (χ0v) is 7.82. The number of hydrogen-bond acceptors (Lipinski definition) is 4. The monoisotopic (exact) mass is 209 g/mol. The Labute approximate surface area is 75.0 Å². The van der Waals surface area contributed by atoms with Gasteiger partial charge in [0.1, 0.15) is 0 Å². The van der Waals surface area contributed by atoms with Gasteiger partial charge in [-0.1, -0.05) is 4.57 Å². The van der Waals surface area contributed by atoms with Gasteiger partial charge in [0.2, 0.25) is 0 Å². The van der Waals surface area contributed by atoms with Crippen molar-refractivity contribution < 1.29 is 29.5 Å². The summed E-state index contributed by atoms with van der Waals surface area (Å²) in [6, 6.07) is 0. The predicted molar refractivity (Wildman–Crippen MR) is 43.2 cm³/mol. The highest BCUT2D eigenvalue weighted by molar-refractivity contribution is 7.49. The molecule has 0 amide bonds. The number of aliphatic carboxylic acids is 2. The summed E-state index contributed by atoms with van der Waals surface area (Å²) in [4.78, 5) is 21.1.